The zero-order valence-corrected chi connectivity index (χ0v) is 20.1. The summed E-state index contributed by atoms with van der Waals surface area (Å²) in [5.74, 6) is 1.66. The Morgan fingerprint density at radius 1 is 1.03 bits per heavy atom. The normalized spacial score (nSPS) is 19.3. The van der Waals surface area contributed by atoms with E-state index in [1.807, 2.05) is 59.1 Å². The van der Waals surface area contributed by atoms with Crippen molar-refractivity contribution in [1.29, 1.82) is 0 Å². The Hall–Kier alpha value is -1.92. The van der Waals surface area contributed by atoms with Crippen LogP contribution < -0.4 is 5.32 Å². The number of carbonyl (C=O) groups excluding carboxylic acids is 2. The molecule has 4 rings (SSSR count). The second kappa shape index (κ2) is 11.8. The zero-order chi connectivity index (χ0) is 22.2. The van der Waals surface area contributed by atoms with Gasteiger partial charge >= 0.3 is 0 Å². The Balaban J connectivity index is 1.27. The first-order chi connectivity index (χ1) is 15.7. The molecule has 1 atom stereocenters. The summed E-state index contributed by atoms with van der Waals surface area (Å²) in [6, 6.07) is 18.0. The Morgan fingerprint density at radius 3 is 2.53 bits per heavy atom. The molecule has 32 heavy (non-hydrogen) atoms. The number of hydrogen-bond acceptors (Lipinski definition) is 4. The minimum atomic E-state index is -0.0168. The lowest BCUT2D eigenvalue weighted by atomic mass is 10.0. The van der Waals surface area contributed by atoms with Crippen LogP contribution in [0, 0.1) is 0 Å². The molecule has 2 aromatic carbocycles. The first-order valence-corrected chi connectivity index (χ1v) is 13.8. The van der Waals surface area contributed by atoms with E-state index in [1.165, 1.54) is 37.7 Å². The molecule has 0 unspecified atom stereocenters. The highest BCUT2D eigenvalue weighted by Gasteiger charge is 2.32. The van der Waals surface area contributed by atoms with Crippen molar-refractivity contribution in [2.24, 2.45) is 0 Å². The van der Waals surface area contributed by atoms with Gasteiger partial charge in [-0.2, -0.15) is 11.8 Å². The van der Waals surface area contributed by atoms with Crippen LogP contribution in [0.25, 0.3) is 0 Å². The molecule has 1 saturated carbocycles. The maximum atomic E-state index is 12.5. The third-order valence-electron chi connectivity index (χ3n) is 6.20. The van der Waals surface area contributed by atoms with Gasteiger partial charge in [-0.3, -0.25) is 9.59 Å². The average molecular weight is 469 g/mol. The monoisotopic (exact) mass is 468 g/mol. The van der Waals surface area contributed by atoms with Crippen molar-refractivity contribution in [3.05, 3.63) is 71.3 Å². The van der Waals surface area contributed by atoms with Crippen molar-refractivity contribution in [1.82, 2.24) is 10.2 Å². The Kier molecular flexibility index (Phi) is 8.57. The lowest BCUT2D eigenvalue weighted by Crippen LogP contribution is -2.30. The molecule has 1 heterocycles. The Labute approximate surface area is 199 Å². The van der Waals surface area contributed by atoms with Gasteiger partial charge in [0, 0.05) is 29.7 Å². The fourth-order valence-corrected chi connectivity index (χ4v) is 6.83. The van der Waals surface area contributed by atoms with Gasteiger partial charge in [0.05, 0.1) is 5.75 Å². The summed E-state index contributed by atoms with van der Waals surface area (Å²) in [4.78, 5) is 26.9. The van der Waals surface area contributed by atoms with Gasteiger partial charge in [0.25, 0.3) is 5.91 Å². The minimum Gasteiger partial charge on any atom is -0.351 e. The summed E-state index contributed by atoms with van der Waals surface area (Å²) in [6.45, 7) is 1.42. The molecule has 0 radical (unpaired) electrons. The SMILES string of the molecule is O=C(NCCSC1CCCCC1)c1ccc([C@@H]2SCC(=O)N2CCc2ccccc2)cc1. The molecule has 0 spiro atoms. The predicted molar refractivity (Wildman–Crippen MR) is 135 cm³/mol. The van der Waals surface area contributed by atoms with Crippen LogP contribution in [0.3, 0.4) is 0 Å². The predicted octanol–water partition coefficient (Wildman–Crippen LogP) is 5.30. The van der Waals surface area contributed by atoms with Crippen molar-refractivity contribution in [2.45, 2.75) is 49.1 Å². The molecule has 4 nitrogen and oxygen atoms in total. The largest absolute Gasteiger partial charge is 0.351 e. The summed E-state index contributed by atoms with van der Waals surface area (Å²) in [5, 5.41) is 3.85. The van der Waals surface area contributed by atoms with Crippen LogP contribution >= 0.6 is 23.5 Å². The maximum absolute atomic E-state index is 12.5. The van der Waals surface area contributed by atoms with Crippen LogP contribution in [0.1, 0.15) is 59.0 Å². The van der Waals surface area contributed by atoms with E-state index < -0.39 is 0 Å². The molecule has 6 heteroatoms. The summed E-state index contributed by atoms with van der Waals surface area (Å²) in [6.07, 6.45) is 7.58. The maximum Gasteiger partial charge on any atom is 0.251 e. The highest BCUT2D eigenvalue weighted by Crippen LogP contribution is 2.38. The topological polar surface area (TPSA) is 49.4 Å². The van der Waals surface area contributed by atoms with Crippen LogP contribution in [0.5, 0.6) is 0 Å². The molecule has 2 aromatic rings. The van der Waals surface area contributed by atoms with Crippen LogP contribution in [0.15, 0.2) is 54.6 Å². The zero-order valence-electron chi connectivity index (χ0n) is 18.5. The number of hydrogen-bond donors (Lipinski definition) is 1. The quantitative estimate of drug-likeness (QED) is 0.508. The van der Waals surface area contributed by atoms with E-state index in [0.717, 1.165) is 23.0 Å². The van der Waals surface area contributed by atoms with Crippen LogP contribution in [-0.2, 0) is 11.2 Å². The van der Waals surface area contributed by atoms with Gasteiger partial charge in [0.1, 0.15) is 5.37 Å². The van der Waals surface area contributed by atoms with E-state index in [-0.39, 0.29) is 17.2 Å². The molecule has 170 valence electrons. The van der Waals surface area contributed by atoms with Gasteiger partial charge in [-0.05, 0) is 42.5 Å². The second-order valence-corrected chi connectivity index (χ2v) is 11.0. The van der Waals surface area contributed by atoms with Gasteiger partial charge in [0.2, 0.25) is 5.91 Å². The standard InChI is InChI=1S/C26H32N2O2S2/c29-24-19-32-26(28(24)17-15-20-7-3-1-4-8-20)22-13-11-21(12-14-22)25(30)27-16-18-31-23-9-5-2-6-10-23/h1,3-4,7-8,11-14,23,26H,2,5-6,9-10,15-19H2,(H,27,30)/t26-/m0/s1. The van der Waals surface area contributed by atoms with Gasteiger partial charge in [-0.25, -0.2) is 0 Å². The molecule has 1 aliphatic heterocycles. The number of thioether (sulfide) groups is 2. The summed E-state index contributed by atoms with van der Waals surface area (Å²) < 4.78 is 0. The molecule has 2 fully saturated rings. The van der Waals surface area contributed by atoms with Gasteiger partial charge < -0.3 is 10.2 Å². The van der Waals surface area contributed by atoms with E-state index in [0.29, 0.717) is 24.4 Å². The molecular weight excluding hydrogens is 436 g/mol. The van der Waals surface area contributed by atoms with E-state index in [9.17, 15) is 9.59 Å². The lowest BCUT2D eigenvalue weighted by molar-refractivity contribution is -0.128. The number of carbonyl (C=O) groups is 2. The number of benzene rings is 2. The highest BCUT2D eigenvalue weighted by atomic mass is 32.2. The van der Waals surface area contributed by atoms with Gasteiger partial charge in [0.15, 0.2) is 0 Å². The molecule has 1 aliphatic carbocycles. The highest BCUT2D eigenvalue weighted by molar-refractivity contribution is 8.00. The first-order valence-electron chi connectivity index (χ1n) is 11.7. The van der Waals surface area contributed by atoms with E-state index >= 15 is 0 Å². The third kappa shape index (κ3) is 6.32. The van der Waals surface area contributed by atoms with Crippen molar-refractivity contribution in [3.63, 3.8) is 0 Å². The Bertz CT molecular complexity index is 882. The van der Waals surface area contributed by atoms with Gasteiger partial charge in [-0.1, -0.05) is 61.7 Å². The van der Waals surface area contributed by atoms with Crippen molar-refractivity contribution >= 4 is 35.3 Å². The van der Waals surface area contributed by atoms with Gasteiger partial charge in [-0.15, -0.1) is 11.8 Å². The average Bonchev–Trinajstić information content (AvgIpc) is 3.22. The van der Waals surface area contributed by atoms with E-state index in [2.05, 4.69) is 17.4 Å². The minimum absolute atomic E-state index is 0.0168. The molecule has 2 amide bonds. The van der Waals surface area contributed by atoms with Crippen molar-refractivity contribution in [2.75, 3.05) is 24.6 Å². The smallest absolute Gasteiger partial charge is 0.251 e. The number of nitrogens with one attached hydrogen (secondary N) is 1. The number of amides is 2. The molecule has 0 aromatic heterocycles. The summed E-state index contributed by atoms with van der Waals surface area (Å²) >= 11 is 3.67. The fraction of sp³-hybridized carbons (Fsp3) is 0.462. The molecule has 1 saturated heterocycles. The van der Waals surface area contributed by atoms with Crippen molar-refractivity contribution < 1.29 is 9.59 Å². The van der Waals surface area contributed by atoms with E-state index in [4.69, 9.17) is 0 Å². The summed E-state index contributed by atoms with van der Waals surface area (Å²) in [5.41, 5.74) is 3.00. The van der Waals surface area contributed by atoms with Crippen molar-refractivity contribution in [3.8, 4) is 0 Å². The third-order valence-corrected chi connectivity index (χ3v) is 8.84. The lowest BCUT2D eigenvalue weighted by Gasteiger charge is -2.24. The second-order valence-electron chi connectivity index (χ2n) is 8.49. The fourth-order valence-electron chi connectivity index (χ4n) is 4.39. The summed E-state index contributed by atoms with van der Waals surface area (Å²) in [7, 11) is 0. The van der Waals surface area contributed by atoms with Crippen LogP contribution in [0.4, 0.5) is 0 Å². The molecule has 0 bridgehead atoms. The molecular formula is C26H32N2O2S2. The Morgan fingerprint density at radius 2 is 1.78 bits per heavy atom. The van der Waals surface area contributed by atoms with Crippen LogP contribution in [-0.4, -0.2) is 46.6 Å². The van der Waals surface area contributed by atoms with E-state index in [1.54, 1.807) is 11.8 Å². The molecule has 2 aliphatic rings. The number of nitrogens with zero attached hydrogens (tertiary/aromatic N) is 1. The molecule has 1 N–H and O–H groups in total. The van der Waals surface area contributed by atoms with Crippen LogP contribution in [0.2, 0.25) is 0 Å². The first kappa shape index (κ1) is 23.2. The number of rotatable bonds is 9.